The van der Waals surface area contributed by atoms with Crippen LogP contribution in [0.15, 0.2) is 53.0 Å². The summed E-state index contributed by atoms with van der Waals surface area (Å²) in [4.78, 5) is 25.8. The van der Waals surface area contributed by atoms with Crippen molar-refractivity contribution >= 4 is 6.08 Å². The zero-order chi connectivity index (χ0) is 23.0. The summed E-state index contributed by atoms with van der Waals surface area (Å²) in [6.07, 6.45) is 14.9. The molecule has 6 nitrogen and oxygen atoms in total. The molecule has 6 heteroatoms. The molecule has 2 aromatic rings. The monoisotopic (exact) mass is 445 g/mol. The molecule has 0 bridgehead atoms. The normalized spacial score (nSPS) is 26.8. The van der Waals surface area contributed by atoms with Gasteiger partial charge in [-0.05, 0) is 43.9 Å². The first-order valence-electron chi connectivity index (χ1n) is 11.7. The third-order valence-corrected chi connectivity index (χ3v) is 7.39. The molecule has 1 aliphatic heterocycles. The van der Waals surface area contributed by atoms with E-state index in [0.29, 0.717) is 12.3 Å². The number of methoxy groups -OCH3 is 1. The molecular weight excluding hydrogens is 414 g/mol. The maximum Gasteiger partial charge on any atom is 0.258 e. The number of nitrogens with zero attached hydrogens (tertiary/aromatic N) is 2. The highest BCUT2D eigenvalue weighted by Crippen LogP contribution is 2.44. The molecule has 172 valence electrons. The Hall–Kier alpha value is -2.99. The summed E-state index contributed by atoms with van der Waals surface area (Å²) in [6.45, 7) is 5.90. The lowest BCUT2D eigenvalue weighted by molar-refractivity contribution is 0.0612. The molecule has 3 unspecified atom stereocenters. The highest BCUT2D eigenvalue weighted by atomic mass is 16.5. The molecule has 5 rings (SSSR count). The van der Waals surface area contributed by atoms with Gasteiger partial charge in [-0.1, -0.05) is 36.8 Å². The molecule has 2 aromatic heterocycles. The number of allylic oxidation sites excluding steroid dienone is 5. The second-order valence-electron chi connectivity index (χ2n) is 9.65. The van der Waals surface area contributed by atoms with Crippen LogP contribution < -0.4 is 10.3 Å². The van der Waals surface area contributed by atoms with Gasteiger partial charge >= 0.3 is 0 Å². The van der Waals surface area contributed by atoms with Crippen LogP contribution in [0.5, 0.6) is 5.75 Å². The molecule has 1 fully saturated rings. The Morgan fingerprint density at radius 1 is 1.24 bits per heavy atom. The molecule has 0 amide bonds. The molecule has 3 aliphatic rings. The van der Waals surface area contributed by atoms with Gasteiger partial charge in [0.05, 0.1) is 24.6 Å². The first kappa shape index (κ1) is 21.8. The van der Waals surface area contributed by atoms with E-state index >= 15 is 0 Å². The maximum atomic E-state index is 13.1. The van der Waals surface area contributed by atoms with Gasteiger partial charge in [0.2, 0.25) is 0 Å². The number of rotatable bonds is 5. The maximum absolute atomic E-state index is 13.1. The van der Waals surface area contributed by atoms with E-state index in [4.69, 9.17) is 14.5 Å². The molecule has 0 saturated carbocycles. The van der Waals surface area contributed by atoms with E-state index in [1.165, 1.54) is 5.57 Å². The van der Waals surface area contributed by atoms with Gasteiger partial charge in [-0.25, -0.2) is 4.98 Å². The van der Waals surface area contributed by atoms with Crippen molar-refractivity contribution in [3.05, 3.63) is 81.3 Å². The van der Waals surface area contributed by atoms with Crippen LogP contribution in [0, 0.1) is 11.3 Å². The minimum Gasteiger partial charge on any atom is -0.495 e. The van der Waals surface area contributed by atoms with E-state index < -0.39 is 0 Å². The molecule has 0 spiro atoms. The standard InChI is InChI=1S/C27H31N3O3/c1-17-14-20-25(24(17)18-9-12-33-13-10-18)29-23(30-26(20)31)15-27(2)11-5-4-6-21(27)22-8-7-19(32-3)16-28-22/h4-8,11,14,16,18,21,24H,9-10,12-13,15H2,1-3H3,(H,29,30,31). The van der Waals surface area contributed by atoms with Gasteiger partial charge < -0.3 is 14.5 Å². The smallest absolute Gasteiger partial charge is 0.258 e. The van der Waals surface area contributed by atoms with Crippen LogP contribution >= 0.6 is 0 Å². The van der Waals surface area contributed by atoms with E-state index in [9.17, 15) is 4.79 Å². The number of ether oxygens (including phenoxy) is 2. The summed E-state index contributed by atoms with van der Waals surface area (Å²) >= 11 is 0. The van der Waals surface area contributed by atoms with Crippen LogP contribution in [-0.4, -0.2) is 35.3 Å². The lowest BCUT2D eigenvalue weighted by Crippen LogP contribution is -2.30. The Kier molecular flexibility index (Phi) is 5.79. The number of aromatic amines is 1. The van der Waals surface area contributed by atoms with Crippen molar-refractivity contribution in [2.75, 3.05) is 20.3 Å². The van der Waals surface area contributed by atoms with Gasteiger partial charge in [0.15, 0.2) is 0 Å². The lowest BCUT2D eigenvalue weighted by Gasteiger charge is -2.35. The van der Waals surface area contributed by atoms with E-state index in [-0.39, 0.29) is 22.8 Å². The van der Waals surface area contributed by atoms with Gasteiger partial charge in [0.25, 0.3) is 5.56 Å². The molecular formula is C27H31N3O3. The molecule has 0 aromatic carbocycles. The fourth-order valence-electron chi connectivity index (χ4n) is 5.62. The molecule has 0 radical (unpaired) electrons. The van der Waals surface area contributed by atoms with Gasteiger partial charge in [-0.2, -0.15) is 0 Å². The highest BCUT2D eigenvalue weighted by molar-refractivity contribution is 5.63. The summed E-state index contributed by atoms with van der Waals surface area (Å²) in [5.41, 5.74) is 3.57. The summed E-state index contributed by atoms with van der Waals surface area (Å²) in [5, 5.41) is 0. The first-order chi connectivity index (χ1) is 16.0. The largest absolute Gasteiger partial charge is 0.495 e. The van der Waals surface area contributed by atoms with E-state index in [0.717, 1.165) is 54.6 Å². The third-order valence-electron chi connectivity index (χ3n) is 7.39. The van der Waals surface area contributed by atoms with Crippen molar-refractivity contribution in [3.8, 4) is 5.75 Å². The quantitative estimate of drug-likeness (QED) is 0.730. The zero-order valence-electron chi connectivity index (χ0n) is 19.5. The predicted molar refractivity (Wildman–Crippen MR) is 128 cm³/mol. The number of pyridine rings is 1. The van der Waals surface area contributed by atoms with E-state index in [1.54, 1.807) is 13.3 Å². The molecule has 2 aliphatic carbocycles. The summed E-state index contributed by atoms with van der Waals surface area (Å²) in [5.74, 6) is 2.22. The number of fused-ring (bicyclic) bond motifs is 1. The second kappa shape index (κ2) is 8.75. The Morgan fingerprint density at radius 3 is 2.79 bits per heavy atom. The van der Waals surface area contributed by atoms with Crippen LogP contribution in [0.1, 0.15) is 61.3 Å². The van der Waals surface area contributed by atoms with Crippen LogP contribution in [-0.2, 0) is 11.2 Å². The number of hydrogen-bond acceptors (Lipinski definition) is 5. The van der Waals surface area contributed by atoms with Crippen molar-refractivity contribution in [2.24, 2.45) is 11.3 Å². The molecule has 1 N–H and O–H groups in total. The van der Waals surface area contributed by atoms with Crippen molar-refractivity contribution in [2.45, 2.75) is 44.9 Å². The summed E-state index contributed by atoms with van der Waals surface area (Å²) in [7, 11) is 1.64. The third kappa shape index (κ3) is 4.08. The average molecular weight is 446 g/mol. The number of nitrogens with one attached hydrogen (secondary N) is 1. The van der Waals surface area contributed by atoms with Crippen LogP contribution in [0.2, 0.25) is 0 Å². The number of hydrogen-bond donors (Lipinski definition) is 1. The van der Waals surface area contributed by atoms with E-state index in [1.807, 2.05) is 18.2 Å². The van der Waals surface area contributed by atoms with Gasteiger partial charge in [-0.3, -0.25) is 9.78 Å². The van der Waals surface area contributed by atoms with Crippen molar-refractivity contribution in [1.82, 2.24) is 15.0 Å². The fraction of sp³-hybridized carbons (Fsp3) is 0.444. The van der Waals surface area contributed by atoms with Crippen molar-refractivity contribution < 1.29 is 9.47 Å². The van der Waals surface area contributed by atoms with Crippen molar-refractivity contribution in [3.63, 3.8) is 0 Å². The Bertz CT molecular complexity index is 1170. The van der Waals surface area contributed by atoms with Crippen LogP contribution in [0.25, 0.3) is 6.08 Å². The molecule has 3 heterocycles. The van der Waals surface area contributed by atoms with Crippen LogP contribution in [0.3, 0.4) is 0 Å². The molecule has 3 atom stereocenters. The fourth-order valence-corrected chi connectivity index (χ4v) is 5.62. The van der Waals surface area contributed by atoms with E-state index in [2.05, 4.69) is 48.1 Å². The zero-order valence-corrected chi connectivity index (χ0v) is 19.5. The van der Waals surface area contributed by atoms with Crippen molar-refractivity contribution in [1.29, 1.82) is 0 Å². The van der Waals surface area contributed by atoms with Gasteiger partial charge in [-0.15, -0.1) is 0 Å². The SMILES string of the molecule is COc1ccc(C2C=CC=CC2(C)Cc2nc3c(c(=O)[nH]2)C=C(C)C3C2CCOCC2)nc1. The number of H-pyrrole nitrogens is 1. The topological polar surface area (TPSA) is 77.1 Å². The predicted octanol–water partition coefficient (Wildman–Crippen LogP) is 4.56. The number of aromatic nitrogens is 3. The van der Waals surface area contributed by atoms with Gasteiger partial charge in [0, 0.05) is 42.6 Å². The highest BCUT2D eigenvalue weighted by Gasteiger charge is 2.37. The lowest BCUT2D eigenvalue weighted by atomic mass is 9.70. The van der Waals surface area contributed by atoms with Crippen LogP contribution in [0.4, 0.5) is 0 Å². The molecule has 1 saturated heterocycles. The average Bonchev–Trinajstić information content (AvgIpc) is 3.16. The minimum absolute atomic E-state index is 0.0398. The molecule has 33 heavy (non-hydrogen) atoms. The summed E-state index contributed by atoms with van der Waals surface area (Å²) in [6, 6.07) is 3.95. The Morgan fingerprint density at radius 2 is 2.06 bits per heavy atom. The minimum atomic E-state index is -0.268. The van der Waals surface area contributed by atoms with Gasteiger partial charge in [0.1, 0.15) is 11.6 Å². The first-order valence-corrected chi connectivity index (χ1v) is 11.7. The summed E-state index contributed by atoms with van der Waals surface area (Å²) < 4.78 is 10.8. The second-order valence-corrected chi connectivity index (χ2v) is 9.65. The Labute approximate surface area is 194 Å². The Balaban J connectivity index is 1.47.